The van der Waals surface area contributed by atoms with Gasteiger partial charge in [0.1, 0.15) is 5.82 Å². The quantitative estimate of drug-likeness (QED) is 0.514. The summed E-state index contributed by atoms with van der Waals surface area (Å²) in [6, 6.07) is 9.91. The van der Waals surface area contributed by atoms with E-state index in [2.05, 4.69) is 10.6 Å². The first-order valence-electron chi connectivity index (χ1n) is 8.00. The molecule has 0 spiro atoms. The number of halogens is 1. The number of thiophene rings is 1. The molecule has 0 aliphatic heterocycles. The van der Waals surface area contributed by atoms with E-state index in [1.54, 1.807) is 23.9 Å². The molecule has 2 N–H and O–H groups in total. The molecule has 0 aliphatic carbocycles. The van der Waals surface area contributed by atoms with Crippen LogP contribution in [-0.2, 0) is 9.59 Å². The van der Waals surface area contributed by atoms with Crippen molar-refractivity contribution < 1.29 is 14.0 Å². The zero-order valence-electron chi connectivity index (χ0n) is 14.0. The van der Waals surface area contributed by atoms with Gasteiger partial charge in [0, 0.05) is 23.2 Å². The van der Waals surface area contributed by atoms with Crippen LogP contribution in [-0.4, -0.2) is 24.1 Å². The van der Waals surface area contributed by atoms with Crippen molar-refractivity contribution in [1.82, 2.24) is 10.6 Å². The molecule has 4 nitrogen and oxygen atoms in total. The zero-order chi connectivity index (χ0) is 18.1. The summed E-state index contributed by atoms with van der Waals surface area (Å²) in [7, 11) is 0. The molecular formula is C18H21FN2O2S2. The smallest absolute Gasteiger partial charge is 0.222 e. The first-order valence-corrected chi connectivity index (χ1v) is 9.86. The molecule has 2 rings (SSSR count). The summed E-state index contributed by atoms with van der Waals surface area (Å²) in [5.41, 5.74) is 0. The summed E-state index contributed by atoms with van der Waals surface area (Å²) in [6.45, 7) is 2.02. The predicted octanol–water partition coefficient (Wildman–Crippen LogP) is 3.75. The Kier molecular flexibility index (Phi) is 7.94. The Morgan fingerprint density at radius 3 is 2.64 bits per heavy atom. The molecule has 1 aromatic carbocycles. The zero-order valence-corrected chi connectivity index (χ0v) is 15.6. The van der Waals surface area contributed by atoms with Gasteiger partial charge in [-0.25, -0.2) is 4.39 Å². The monoisotopic (exact) mass is 380 g/mol. The second kappa shape index (κ2) is 10.2. The summed E-state index contributed by atoms with van der Waals surface area (Å²) in [4.78, 5) is 25.4. The second-order valence-electron chi connectivity index (χ2n) is 5.48. The first kappa shape index (κ1) is 19.5. The topological polar surface area (TPSA) is 58.2 Å². The van der Waals surface area contributed by atoms with Gasteiger partial charge in [0.2, 0.25) is 11.8 Å². The van der Waals surface area contributed by atoms with Crippen molar-refractivity contribution in [3.63, 3.8) is 0 Å². The van der Waals surface area contributed by atoms with Crippen molar-refractivity contribution in [2.24, 2.45) is 0 Å². The van der Waals surface area contributed by atoms with Gasteiger partial charge in [-0.2, -0.15) is 0 Å². The van der Waals surface area contributed by atoms with E-state index in [4.69, 9.17) is 0 Å². The number of hydrogen-bond donors (Lipinski definition) is 2. The fraction of sp³-hybridized carbons (Fsp3) is 0.333. The van der Waals surface area contributed by atoms with E-state index >= 15 is 0 Å². The number of benzene rings is 1. The summed E-state index contributed by atoms with van der Waals surface area (Å²) in [5, 5.41) is 7.63. The third kappa shape index (κ3) is 7.27. The van der Waals surface area contributed by atoms with Gasteiger partial charge in [0.05, 0.1) is 12.5 Å². The van der Waals surface area contributed by atoms with Crippen molar-refractivity contribution in [3.8, 4) is 0 Å². The number of hydrogen-bond acceptors (Lipinski definition) is 4. The van der Waals surface area contributed by atoms with Gasteiger partial charge in [-0.1, -0.05) is 6.07 Å². The Hall–Kier alpha value is -1.86. The minimum absolute atomic E-state index is 0.0843. The van der Waals surface area contributed by atoms with Crippen LogP contribution in [0.4, 0.5) is 4.39 Å². The average molecular weight is 381 g/mol. The second-order valence-corrected chi connectivity index (χ2v) is 7.63. The van der Waals surface area contributed by atoms with Gasteiger partial charge in [-0.3, -0.25) is 9.59 Å². The molecule has 1 unspecified atom stereocenters. The van der Waals surface area contributed by atoms with Crippen LogP contribution in [0.2, 0.25) is 0 Å². The molecule has 0 saturated heterocycles. The molecule has 1 heterocycles. The van der Waals surface area contributed by atoms with Gasteiger partial charge in [0.15, 0.2) is 0 Å². The summed E-state index contributed by atoms with van der Waals surface area (Å²) < 4.78 is 12.8. The highest BCUT2D eigenvalue weighted by atomic mass is 32.2. The van der Waals surface area contributed by atoms with E-state index in [-0.39, 0.29) is 30.1 Å². The fourth-order valence-electron chi connectivity index (χ4n) is 2.24. The first-order chi connectivity index (χ1) is 12.0. The average Bonchev–Trinajstić information content (AvgIpc) is 3.10. The Morgan fingerprint density at radius 1 is 1.24 bits per heavy atom. The highest BCUT2D eigenvalue weighted by molar-refractivity contribution is 7.99. The third-order valence-corrected chi connectivity index (χ3v) is 5.46. The van der Waals surface area contributed by atoms with E-state index in [0.717, 1.165) is 21.9 Å². The maximum absolute atomic E-state index is 12.8. The van der Waals surface area contributed by atoms with Crippen LogP contribution < -0.4 is 10.6 Å². The number of thioether (sulfide) groups is 1. The summed E-state index contributed by atoms with van der Waals surface area (Å²) >= 11 is 3.15. The van der Waals surface area contributed by atoms with Crippen molar-refractivity contribution >= 4 is 34.9 Å². The van der Waals surface area contributed by atoms with E-state index in [1.165, 1.54) is 30.4 Å². The van der Waals surface area contributed by atoms with Crippen molar-refractivity contribution in [3.05, 3.63) is 52.5 Å². The van der Waals surface area contributed by atoms with Crippen molar-refractivity contribution in [2.45, 2.75) is 30.7 Å². The minimum atomic E-state index is -0.286. The number of carbonyl (C=O) groups is 2. The Morgan fingerprint density at radius 2 is 2.00 bits per heavy atom. The third-order valence-electron chi connectivity index (χ3n) is 3.38. The lowest BCUT2D eigenvalue weighted by atomic mass is 10.1. The standard InChI is InChI=1S/C18H21FN2O2S2/c1-13(22)21-16(17-4-2-10-25-17)12-18(23)20-9-3-11-24-15-7-5-14(19)6-8-15/h2,4-8,10,16H,3,9,11-12H2,1H3,(H,20,23)(H,21,22). The molecule has 1 aromatic heterocycles. The lowest BCUT2D eigenvalue weighted by molar-refractivity contribution is -0.122. The van der Waals surface area contributed by atoms with E-state index < -0.39 is 0 Å². The van der Waals surface area contributed by atoms with Crippen LogP contribution in [0.15, 0.2) is 46.7 Å². The number of carbonyl (C=O) groups excluding carboxylic acids is 2. The number of rotatable bonds is 9. The van der Waals surface area contributed by atoms with Gasteiger partial charge in [-0.15, -0.1) is 23.1 Å². The van der Waals surface area contributed by atoms with E-state index in [1.807, 2.05) is 17.5 Å². The Balaban J connectivity index is 1.68. The van der Waals surface area contributed by atoms with E-state index in [9.17, 15) is 14.0 Å². The van der Waals surface area contributed by atoms with Gasteiger partial charge in [-0.05, 0) is 47.9 Å². The molecule has 0 fully saturated rings. The largest absolute Gasteiger partial charge is 0.356 e. The number of amides is 2. The Labute approximate surface area is 155 Å². The van der Waals surface area contributed by atoms with Crippen molar-refractivity contribution in [2.75, 3.05) is 12.3 Å². The van der Waals surface area contributed by atoms with Crippen LogP contribution in [0.3, 0.4) is 0 Å². The molecule has 0 bridgehead atoms. The summed E-state index contributed by atoms with van der Waals surface area (Å²) in [5.74, 6) is 0.364. The molecule has 134 valence electrons. The molecule has 2 amide bonds. The molecule has 2 aromatic rings. The van der Waals surface area contributed by atoms with E-state index in [0.29, 0.717) is 6.54 Å². The maximum atomic E-state index is 12.8. The van der Waals surface area contributed by atoms with Crippen LogP contribution >= 0.6 is 23.1 Å². The molecule has 25 heavy (non-hydrogen) atoms. The highest BCUT2D eigenvalue weighted by Crippen LogP contribution is 2.22. The molecule has 0 aliphatic rings. The normalized spacial score (nSPS) is 11.8. The molecule has 7 heteroatoms. The number of nitrogens with one attached hydrogen (secondary N) is 2. The predicted molar refractivity (Wildman–Crippen MR) is 100 cm³/mol. The molecule has 1 atom stereocenters. The highest BCUT2D eigenvalue weighted by Gasteiger charge is 2.17. The maximum Gasteiger partial charge on any atom is 0.222 e. The van der Waals surface area contributed by atoms with Crippen LogP contribution in [0.25, 0.3) is 0 Å². The minimum Gasteiger partial charge on any atom is -0.356 e. The fourth-order valence-corrected chi connectivity index (χ4v) is 3.87. The van der Waals surface area contributed by atoms with Gasteiger partial charge < -0.3 is 10.6 Å². The van der Waals surface area contributed by atoms with Crippen molar-refractivity contribution in [1.29, 1.82) is 0 Å². The SMILES string of the molecule is CC(=O)NC(CC(=O)NCCCSc1ccc(F)cc1)c1cccs1. The lowest BCUT2D eigenvalue weighted by Crippen LogP contribution is -2.32. The van der Waals surface area contributed by atoms with Crippen LogP contribution in [0.5, 0.6) is 0 Å². The Bertz CT molecular complexity index is 675. The van der Waals surface area contributed by atoms with Crippen LogP contribution in [0.1, 0.15) is 30.7 Å². The van der Waals surface area contributed by atoms with Crippen LogP contribution in [0, 0.1) is 5.82 Å². The van der Waals surface area contributed by atoms with Gasteiger partial charge >= 0.3 is 0 Å². The molecule has 0 radical (unpaired) electrons. The summed E-state index contributed by atoms with van der Waals surface area (Å²) in [6.07, 6.45) is 1.04. The molecular weight excluding hydrogens is 359 g/mol. The van der Waals surface area contributed by atoms with Gasteiger partial charge in [0.25, 0.3) is 0 Å². The lowest BCUT2D eigenvalue weighted by Gasteiger charge is -2.16. The molecule has 0 saturated carbocycles.